The van der Waals surface area contributed by atoms with E-state index in [2.05, 4.69) is 19.9 Å². The molecule has 2 amide bonds. The lowest BCUT2D eigenvalue weighted by Gasteiger charge is -2.41. The van der Waals surface area contributed by atoms with Crippen molar-refractivity contribution < 1.29 is 14.7 Å². The molecule has 1 heterocycles. The van der Waals surface area contributed by atoms with Crippen molar-refractivity contribution >= 4 is 40.4 Å². The summed E-state index contributed by atoms with van der Waals surface area (Å²) in [5.41, 5.74) is 0. The summed E-state index contributed by atoms with van der Waals surface area (Å²) < 4.78 is 3.59. The molecule has 0 unspecified atom stereocenters. The second-order valence-corrected chi connectivity index (χ2v) is 9.44. The number of thiazole rings is 1. The fraction of sp³-hybridized carbons (Fsp3) is 0.722. The van der Waals surface area contributed by atoms with Gasteiger partial charge in [0.25, 0.3) is 0 Å². The maximum Gasteiger partial charge on any atom is 0.324 e. The van der Waals surface area contributed by atoms with Crippen LogP contribution in [0.2, 0.25) is 0 Å². The summed E-state index contributed by atoms with van der Waals surface area (Å²) in [7, 11) is 0. The van der Waals surface area contributed by atoms with Crippen LogP contribution in [0.4, 0.5) is 9.93 Å². The SMILES string of the molecule is O=C(O)CNSc1cnc(NC(=O)N(C2CCCCC2)C2CCCCC2)s1. The number of aliphatic carboxylic acids is 1. The van der Waals surface area contributed by atoms with Crippen molar-refractivity contribution in [2.45, 2.75) is 80.5 Å². The van der Waals surface area contributed by atoms with Gasteiger partial charge in [0.05, 0.1) is 10.4 Å². The number of nitrogens with one attached hydrogen (secondary N) is 2. The molecule has 3 rings (SSSR count). The summed E-state index contributed by atoms with van der Waals surface area (Å²) in [5.74, 6) is -0.906. The number of rotatable bonds is 7. The van der Waals surface area contributed by atoms with Gasteiger partial charge in [-0.3, -0.25) is 10.1 Å². The Labute approximate surface area is 168 Å². The molecule has 0 aliphatic heterocycles. The molecule has 0 radical (unpaired) electrons. The van der Waals surface area contributed by atoms with Gasteiger partial charge in [0.15, 0.2) is 5.13 Å². The summed E-state index contributed by atoms with van der Waals surface area (Å²) in [6.07, 6.45) is 13.4. The number of carboxylic acids is 1. The highest BCUT2D eigenvalue weighted by atomic mass is 32.2. The number of carbonyl (C=O) groups is 2. The van der Waals surface area contributed by atoms with E-state index in [1.807, 2.05) is 0 Å². The fourth-order valence-corrected chi connectivity index (χ4v) is 5.60. The highest BCUT2D eigenvalue weighted by molar-refractivity contribution is 7.99. The van der Waals surface area contributed by atoms with Crippen molar-refractivity contribution in [1.82, 2.24) is 14.6 Å². The molecule has 0 spiro atoms. The van der Waals surface area contributed by atoms with Gasteiger partial charge in [0, 0.05) is 12.1 Å². The van der Waals surface area contributed by atoms with E-state index < -0.39 is 5.97 Å². The third-order valence-corrected chi connectivity index (χ3v) is 7.07. The van der Waals surface area contributed by atoms with E-state index in [1.54, 1.807) is 6.20 Å². The Morgan fingerprint density at radius 1 is 1.11 bits per heavy atom. The standard InChI is InChI=1S/C18H28N4O3S2/c23-15(24)11-20-27-16-12-19-17(26-16)21-18(25)22(13-7-3-1-4-8-13)14-9-5-2-6-10-14/h12-14,20H,1-11H2,(H,23,24)(H,19,21,25). The normalized spacial score (nSPS) is 19.0. The van der Waals surface area contributed by atoms with Crippen LogP contribution in [-0.4, -0.2) is 45.6 Å². The van der Waals surface area contributed by atoms with Crippen LogP contribution in [-0.2, 0) is 4.79 Å². The summed E-state index contributed by atoms with van der Waals surface area (Å²) >= 11 is 2.58. The quantitative estimate of drug-likeness (QED) is 0.577. The summed E-state index contributed by atoms with van der Waals surface area (Å²) in [5, 5.41) is 12.2. The first-order valence-corrected chi connectivity index (χ1v) is 11.4. The first-order chi connectivity index (χ1) is 13.1. The number of amides is 2. The van der Waals surface area contributed by atoms with Crippen LogP contribution in [0, 0.1) is 0 Å². The van der Waals surface area contributed by atoms with Crippen LogP contribution < -0.4 is 10.0 Å². The van der Waals surface area contributed by atoms with E-state index in [0.29, 0.717) is 17.2 Å². The Hall–Kier alpha value is -1.32. The number of nitrogens with zero attached hydrogens (tertiary/aromatic N) is 2. The molecule has 27 heavy (non-hydrogen) atoms. The lowest BCUT2D eigenvalue weighted by atomic mass is 9.89. The van der Waals surface area contributed by atoms with Gasteiger partial charge in [-0.2, -0.15) is 0 Å². The number of hydrogen-bond donors (Lipinski definition) is 3. The third-order valence-electron chi connectivity index (χ3n) is 5.27. The van der Waals surface area contributed by atoms with E-state index >= 15 is 0 Å². The highest BCUT2D eigenvalue weighted by Gasteiger charge is 2.32. The van der Waals surface area contributed by atoms with Crippen molar-refractivity contribution in [2.24, 2.45) is 0 Å². The Bertz CT molecular complexity index is 610. The smallest absolute Gasteiger partial charge is 0.324 e. The molecule has 0 saturated heterocycles. The summed E-state index contributed by atoms with van der Waals surface area (Å²) in [6, 6.07) is 0.652. The molecule has 0 aromatic carbocycles. The predicted octanol–water partition coefficient (Wildman–Crippen LogP) is 4.32. The largest absolute Gasteiger partial charge is 0.480 e. The predicted molar refractivity (Wildman–Crippen MR) is 108 cm³/mol. The van der Waals surface area contributed by atoms with E-state index in [1.165, 1.54) is 61.8 Å². The maximum atomic E-state index is 13.1. The summed E-state index contributed by atoms with van der Waals surface area (Å²) in [6.45, 7) is -0.124. The van der Waals surface area contributed by atoms with Crippen LogP contribution in [0.15, 0.2) is 10.4 Å². The highest BCUT2D eigenvalue weighted by Crippen LogP contribution is 2.32. The van der Waals surface area contributed by atoms with Crippen LogP contribution in [0.3, 0.4) is 0 Å². The van der Waals surface area contributed by atoms with Crippen molar-refractivity contribution in [3.63, 3.8) is 0 Å². The van der Waals surface area contributed by atoms with E-state index in [0.717, 1.165) is 29.9 Å². The summed E-state index contributed by atoms with van der Waals surface area (Å²) in [4.78, 5) is 30.1. The Morgan fingerprint density at radius 2 is 1.70 bits per heavy atom. The molecular formula is C18H28N4O3S2. The molecule has 2 aliphatic carbocycles. The average Bonchev–Trinajstić information content (AvgIpc) is 3.10. The van der Waals surface area contributed by atoms with Gasteiger partial charge in [-0.25, -0.2) is 14.5 Å². The maximum absolute atomic E-state index is 13.1. The zero-order valence-electron chi connectivity index (χ0n) is 15.5. The zero-order chi connectivity index (χ0) is 19.1. The second kappa shape index (κ2) is 10.3. The Morgan fingerprint density at radius 3 is 2.26 bits per heavy atom. The van der Waals surface area contributed by atoms with Crippen LogP contribution in [0.1, 0.15) is 64.2 Å². The molecule has 3 N–H and O–H groups in total. The number of carboxylic acid groups (broad SMARTS) is 1. The van der Waals surface area contributed by atoms with Crippen molar-refractivity contribution in [3.05, 3.63) is 6.20 Å². The van der Waals surface area contributed by atoms with Crippen molar-refractivity contribution in [2.75, 3.05) is 11.9 Å². The van der Waals surface area contributed by atoms with Gasteiger partial charge >= 0.3 is 12.0 Å². The van der Waals surface area contributed by atoms with E-state index in [-0.39, 0.29) is 12.6 Å². The molecule has 1 aromatic heterocycles. The van der Waals surface area contributed by atoms with Crippen LogP contribution in [0.5, 0.6) is 0 Å². The monoisotopic (exact) mass is 412 g/mol. The number of anilines is 1. The minimum absolute atomic E-state index is 0.0294. The third kappa shape index (κ3) is 6.08. The molecule has 2 aliphatic rings. The van der Waals surface area contributed by atoms with Crippen LogP contribution >= 0.6 is 23.3 Å². The minimum Gasteiger partial charge on any atom is -0.480 e. The van der Waals surface area contributed by atoms with Gasteiger partial charge in [-0.1, -0.05) is 49.9 Å². The molecular weight excluding hydrogens is 384 g/mol. The van der Waals surface area contributed by atoms with Gasteiger partial charge in [0.1, 0.15) is 6.54 Å². The fourth-order valence-electron chi connectivity index (χ4n) is 4.04. The number of carbonyl (C=O) groups excluding carboxylic acids is 1. The van der Waals surface area contributed by atoms with Gasteiger partial charge < -0.3 is 10.0 Å². The Balaban J connectivity index is 1.61. The topological polar surface area (TPSA) is 94.6 Å². The van der Waals surface area contributed by atoms with E-state index in [9.17, 15) is 9.59 Å². The van der Waals surface area contributed by atoms with Crippen molar-refractivity contribution in [3.8, 4) is 0 Å². The van der Waals surface area contributed by atoms with Crippen LogP contribution in [0.25, 0.3) is 0 Å². The molecule has 9 heteroatoms. The number of aromatic nitrogens is 1. The lowest BCUT2D eigenvalue weighted by molar-refractivity contribution is -0.135. The zero-order valence-corrected chi connectivity index (χ0v) is 17.1. The van der Waals surface area contributed by atoms with Gasteiger partial charge in [-0.15, -0.1) is 0 Å². The molecule has 0 bridgehead atoms. The minimum atomic E-state index is -0.906. The van der Waals surface area contributed by atoms with Gasteiger partial charge in [-0.05, 0) is 37.6 Å². The van der Waals surface area contributed by atoms with E-state index in [4.69, 9.17) is 5.11 Å². The molecule has 150 valence electrons. The first kappa shape index (κ1) is 20.4. The van der Waals surface area contributed by atoms with Gasteiger partial charge in [0.2, 0.25) is 0 Å². The molecule has 1 aromatic rings. The molecule has 2 fully saturated rings. The Kier molecular flexibility index (Phi) is 7.78. The molecule has 7 nitrogen and oxygen atoms in total. The second-order valence-electron chi connectivity index (χ2n) is 7.22. The number of hydrogen-bond acceptors (Lipinski definition) is 6. The van der Waals surface area contributed by atoms with Crippen molar-refractivity contribution in [1.29, 1.82) is 0 Å². The molecule has 2 saturated carbocycles. The molecule has 0 atom stereocenters. The number of urea groups is 1. The lowest BCUT2D eigenvalue weighted by Crippen LogP contribution is -2.50. The average molecular weight is 413 g/mol. The first-order valence-electron chi connectivity index (χ1n) is 9.80.